The van der Waals surface area contributed by atoms with Gasteiger partial charge in [0.05, 0.1) is 12.1 Å². The third kappa shape index (κ3) is 3.88. The van der Waals surface area contributed by atoms with Gasteiger partial charge in [-0.2, -0.15) is 5.26 Å². The number of phenols is 1. The fourth-order valence-electron chi connectivity index (χ4n) is 8.50. The van der Waals surface area contributed by atoms with E-state index < -0.39 is 17.7 Å². The summed E-state index contributed by atoms with van der Waals surface area (Å²) in [6.07, 6.45) is 7.44. The second-order valence-corrected chi connectivity index (χ2v) is 12.3. The Morgan fingerprint density at radius 2 is 1.89 bits per heavy atom. The normalized spacial score (nSPS) is 39.2. The van der Waals surface area contributed by atoms with Crippen LogP contribution in [0.15, 0.2) is 24.3 Å². The van der Waals surface area contributed by atoms with Crippen LogP contribution in [0, 0.1) is 34.5 Å². The van der Waals surface area contributed by atoms with Gasteiger partial charge in [0.25, 0.3) is 0 Å². The molecule has 8 nitrogen and oxygen atoms in total. The van der Waals surface area contributed by atoms with E-state index in [1.165, 1.54) is 0 Å². The molecule has 6 aliphatic rings. The Labute approximate surface area is 212 Å². The Kier molecular flexibility index (Phi) is 5.58. The molecule has 36 heavy (non-hydrogen) atoms. The molecule has 1 heterocycles. The molecule has 192 valence electrons. The van der Waals surface area contributed by atoms with Gasteiger partial charge >= 0.3 is 5.97 Å². The van der Waals surface area contributed by atoms with Crippen molar-refractivity contribution in [3.63, 3.8) is 0 Å². The van der Waals surface area contributed by atoms with Gasteiger partial charge in [-0.25, -0.2) is 0 Å². The van der Waals surface area contributed by atoms with E-state index in [9.17, 15) is 20.0 Å². The average Bonchev–Trinajstić information content (AvgIpc) is 3.50. The third-order valence-electron chi connectivity index (χ3n) is 9.81. The van der Waals surface area contributed by atoms with Crippen molar-refractivity contribution in [1.82, 2.24) is 10.2 Å². The summed E-state index contributed by atoms with van der Waals surface area (Å²) in [5.74, 6) is 1.12. The predicted octanol–water partition coefficient (Wildman–Crippen LogP) is 2.25. The second-order valence-electron chi connectivity index (χ2n) is 12.3. The van der Waals surface area contributed by atoms with Crippen LogP contribution in [-0.4, -0.2) is 58.7 Å². The minimum Gasteiger partial charge on any atom is -0.508 e. The number of amides is 1. The number of carbonyl (C=O) groups excluding carboxylic acids is 2. The standard InChI is InChI=1S/C28H36N4O4/c1-31-22(7-16-2-4-21(33)5-3-16)26(35)36-28-12-17-6-18(13-28)11-27(10-17,15-28)24(30)25(34)32-20(14-29)8-19-9-23(19)32/h2-5,17-20,22-24,31,33H,6-13,15,30H2,1H3/t17?,18?,19-,20+,22+,23+,24-,27?,28?/m1/s1. The molecule has 1 aromatic rings. The molecular weight excluding hydrogens is 456 g/mol. The van der Waals surface area contributed by atoms with E-state index in [0.29, 0.717) is 30.6 Å². The number of phenolic OH excluding ortho intramolecular Hbond substituents is 1. The first-order valence-corrected chi connectivity index (χ1v) is 13.4. The highest BCUT2D eigenvalue weighted by atomic mass is 16.6. The Bertz CT molecular complexity index is 1080. The number of fused-ring (bicyclic) bond motifs is 1. The largest absolute Gasteiger partial charge is 0.508 e. The summed E-state index contributed by atoms with van der Waals surface area (Å²) in [5, 5.41) is 22.3. The fourth-order valence-corrected chi connectivity index (χ4v) is 8.50. The lowest BCUT2D eigenvalue weighted by atomic mass is 9.46. The molecule has 5 aliphatic carbocycles. The molecule has 7 rings (SSSR count). The molecule has 4 bridgehead atoms. The summed E-state index contributed by atoms with van der Waals surface area (Å²) in [6.45, 7) is 0. The summed E-state index contributed by atoms with van der Waals surface area (Å²) in [4.78, 5) is 28.9. The van der Waals surface area contributed by atoms with Crippen LogP contribution in [0.3, 0.4) is 0 Å². The van der Waals surface area contributed by atoms with Gasteiger partial charge in [-0.05, 0) is 106 Å². The number of nitrogens with two attached hydrogens (primary N) is 1. The number of benzene rings is 1. The van der Waals surface area contributed by atoms with Crippen LogP contribution in [0.1, 0.15) is 56.9 Å². The second kappa shape index (κ2) is 8.46. The van der Waals surface area contributed by atoms with Crippen LogP contribution < -0.4 is 11.1 Å². The van der Waals surface area contributed by atoms with E-state index in [2.05, 4.69) is 11.4 Å². The first-order chi connectivity index (χ1) is 17.2. The summed E-state index contributed by atoms with van der Waals surface area (Å²) in [7, 11) is 1.76. The number of nitriles is 1. The number of hydrogen-bond acceptors (Lipinski definition) is 7. The van der Waals surface area contributed by atoms with E-state index in [0.717, 1.165) is 50.5 Å². The predicted molar refractivity (Wildman–Crippen MR) is 131 cm³/mol. The van der Waals surface area contributed by atoms with E-state index in [4.69, 9.17) is 10.5 Å². The van der Waals surface area contributed by atoms with Crippen LogP contribution in [0.4, 0.5) is 0 Å². The SMILES string of the molecule is CN[C@@H](Cc1ccc(O)cc1)C(=O)OC12CC3CC(C1)CC([C@H](N)C(=O)N1[C@H](C#N)C[C@@H]4C[C@@H]41)(C3)C2. The highest BCUT2D eigenvalue weighted by Gasteiger charge is 2.64. The van der Waals surface area contributed by atoms with Gasteiger partial charge in [0.1, 0.15) is 23.4 Å². The lowest BCUT2D eigenvalue weighted by molar-refractivity contribution is -0.207. The van der Waals surface area contributed by atoms with Crippen molar-refractivity contribution in [3.05, 3.63) is 29.8 Å². The molecule has 1 saturated heterocycles. The van der Waals surface area contributed by atoms with Gasteiger partial charge in [-0.15, -0.1) is 0 Å². The number of rotatable bonds is 7. The number of ether oxygens (including phenoxy) is 1. The molecule has 0 aromatic heterocycles. The number of esters is 1. The van der Waals surface area contributed by atoms with Crippen molar-refractivity contribution in [3.8, 4) is 11.8 Å². The van der Waals surface area contributed by atoms with Gasteiger partial charge in [0.15, 0.2) is 0 Å². The van der Waals surface area contributed by atoms with E-state index in [-0.39, 0.29) is 35.1 Å². The van der Waals surface area contributed by atoms with Gasteiger partial charge in [0.2, 0.25) is 5.91 Å². The Morgan fingerprint density at radius 1 is 1.19 bits per heavy atom. The fraction of sp³-hybridized carbons (Fsp3) is 0.679. The number of nitrogens with zero attached hydrogens (tertiary/aromatic N) is 2. The van der Waals surface area contributed by atoms with Gasteiger partial charge in [-0.1, -0.05) is 12.1 Å². The number of aromatic hydroxyl groups is 1. The van der Waals surface area contributed by atoms with Crippen molar-refractivity contribution in [2.24, 2.45) is 28.9 Å². The van der Waals surface area contributed by atoms with Crippen molar-refractivity contribution in [1.29, 1.82) is 5.26 Å². The molecule has 0 spiro atoms. The molecular formula is C28H36N4O4. The van der Waals surface area contributed by atoms with Gasteiger partial charge in [-0.3, -0.25) is 9.59 Å². The molecule has 1 aromatic carbocycles. The molecule has 1 aliphatic heterocycles. The van der Waals surface area contributed by atoms with Crippen LogP contribution in [0.25, 0.3) is 0 Å². The van der Waals surface area contributed by atoms with Gasteiger partial charge in [0, 0.05) is 6.04 Å². The lowest BCUT2D eigenvalue weighted by Gasteiger charge is -2.62. The number of carbonyl (C=O) groups is 2. The number of nitrogens with one attached hydrogen (secondary N) is 1. The quantitative estimate of drug-likeness (QED) is 0.498. The maximum atomic E-state index is 13.7. The van der Waals surface area contributed by atoms with E-state index >= 15 is 0 Å². The summed E-state index contributed by atoms with van der Waals surface area (Å²) >= 11 is 0. The van der Waals surface area contributed by atoms with Crippen molar-refractivity contribution in [2.45, 2.75) is 87.6 Å². The zero-order valence-corrected chi connectivity index (χ0v) is 20.9. The van der Waals surface area contributed by atoms with E-state index in [1.807, 2.05) is 12.1 Å². The Balaban J connectivity index is 1.20. The lowest BCUT2D eigenvalue weighted by Crippen LogP contribution is -2.66. The first kappa shape index (κ1) is 23.7. The number of piperidine rings is 1. The third-order valence-corrected chi connectivity index (χ3v) is 9.81. The van der Waals surface area contributed by atoms with Crippen molar-refractivity contribution >= 4 is 11.9 Å². The van der Waals surface area contributed by atoms with Crippen LogP contribution in [-0.2, 0) is 20.7 Å². The zero-order chi connectivity index (χ0) is 25.2. The van der Waals surface area contributed by atoms with Crippen LogP contribution in [0.2, 0.25) is 0 Å². The molecule has 0 radical (unpaired) electrons. The van der Waals surface area contributed by atoms with Crippen molar-refractivity contribution in [2.75, 3.05) is 7.05 Å². The zero-order valence-electron chi connectivity index (χ0n) is 20.9. The monoisotopic (exact) mass is 492 g/mol. The van der Waals surface area contributed by atoms with E-state index in [1.54, 1.807) is 24.1 Å². The smallest absolute Gasteiger partial charge is 0.324 e. The number of hydrogen-bond donors (Lipinski definition) is 3. The molecule has 8 heteroatoms. The number of likely N-dealkylation sites (N-methyl/N-ethyl adjacent to an activating group) is 1. The Hall–Kier alpha value is -2.63. The maximum absolute atomic E-state index is 13.7. The minimum atomic E-state index is -0.659. The molecule has 2 unspecified atom stereocenters. The van der Waals surface area contributed by atoms with Crippen LogP contribution in [0.5, 0.6) is 5.75 Å². The number of likely N-dealkylation sites (tertiary alicyclic amines) is 1. The van der Waals surface area contributed by atoms with Crippen molar-refractivity contribution < 1.29 is 19.4 Å². The summed E-state index contributed by atoms with van der Waals surface area (Å²) in [6, 6.07) is 7.86. The average molecular weight is 493 g/mol. The topological polar surface area (TPSA) is 129 Å². The van der Waals surface area contributed by atoms with Crippen LogP contribution >= 0.6 is 0 Å². The van der Waals surface area contributed by atoms with Gasteiger partial charge < -0.3 is 25.8 Å². The molecule has 1 amide bonds. The molecule has 5 saturated carbocycles. The summed E-state index contributed by atoms with van der Waals surface area (Å²) < 4.78 is 6.37. The highest BCUT2D eigenvalue weighted by Crippen LogP contribution is 2.64. The minimum absolute atomic E-state index is 0.0737. The first-order valence-electron chi connectivity index (χ1n) is 13.4. The summed E-state index contributed by atoms with van der Waals surface area (Å²) in [5.41, 5.74) is 6.80. The molecule has 7 atom stereocenters. The maximum Gasteiger partial charge on any atom is 0.324 e. The highest BCUT2D eigenvalue weighted by molar-refractivity contribution is 5.84. The molecule has 4 N–H and O–H groups in total. The Morgan fingerprint density at radius 3 is 2.53 bits per heavy atom. The molecule has 6 fully saturated rings.